The van der Waals surface area contributed by atoms with Gasteiger partial charge in [0.25, 0.3) is 5.91 Å². The number of pyridine rings is 1. The van der Waals surface area contributed by atoms with Gasteiger partial charge in [-0.15, -0.1) is 0 Å². The van der Waals surface area contributed by atoms with E-state index in [0.29, 0.717) is 18.8 Å². The van der Waals surface area contributed by atoms with Crippen LogP contribution in [0.5, 0.6) is 5.75 Å². The second-order valence-corrected chi connectivity index (χ2v) is 6.52. The number of nitrogens with one attached hydrogen (secondary N) is 1. The fraction of sp³-hybridized carbons (Fsp3) is 0.217. The van der Waals surface area contributed by atoms with Gasteiger partial charge in [-0.3, -0.25) is 4.79 Å². The van der Waals surface area contributed by atoms with E-state index in [0.717, 1.165) is 28.3 Å². The number of rotatable bonds is 7. The Labute approximate surface area is 166 Å². The van der Waals surface area contributed by atoms with Crippen LogP contribution in [-0.4, -0.2) is 24.5 Å². The molecule has 0 unspecified atom stereocenters. The smallest absolute Gasteiger partial charge is 0.276 e. The summed E-state index contributed by atoms with van der Waals surface area (Å²) in [5.74, 6) is 0.733. The average Bonchev–Trinajstić information content (AvgIpc) is 2.73. The molecular weight excluding hydrogens is 350 g/mol. The molecule has 1 N–H and O–H groups in total. The second-order valence-electron chi connectivity index (χ2n) is 6.52. The van der Waals surface area contributed by atoms with Crippen molar-refractivity contribution in [1.29, 1.82) is 0 Å². The molecule has 3 aromatic rings. The maximum Gasteiger partial charge on any atom is 0.276 e. The number of amides is 1. The molecule has 0 spiro atoms. The van der Waals surface area contributed by atoms with Crippen LogP contribution in [0.2, 0.25) is 0 Å². The zero-order valence-electron chi connectivity index (χ0n) is 16.5. The Morgan fingerprint density at radius 2 is 1.89 bits per heavy atom. The predicted molar refractivity (Wildman–Crippen MR) is 113 cm³/mol. The zero-order chi connectivity index (χ0) is 19.9. The highest BCUT2D eigenvalue weighted by atomic mass is 16.5. The van der Waals surface area contributed by atoms with Gasteiger partial charge in [0.2, 0.25) is 0 Å². The summed E-state index contributed by atoms with van der Waals surface area (Å²) in [5.41, 5.74) is 4.44. The third-order valence-corrected chi connectivity index (χ3v) is 4.51. The molecule has 1 aromatic heterocycles. The van der Waals surface area contributed by atoms with E-state index in [1.165, 1.54) is 0 Å². The lowest BCUT2D eigenvalue weighted by Crippen LogP contribution is -2.31. The number of carbonyl (C=O) groups excluding carboxylic acids is 1. The minimum absolute atomic E-state index is 0.102. The molecule has 0 bridgehead atoms. The summed E-state index contributed by atoms with van der Waals surface area (Å²) < 4.78 is 5.17. The molecule has 0 aliphatic carbocycles. The Balaban J connectivity index is 1.66. The van der Waals surface area contributed by atoms with E-state index in [1.54, 1.807) is 24.3 Å². The van der Waals surface area contributed by atoms with Gasteiger partial charge in [-0.05, 0) is 61.4 Å². The van der Waals surface area contributed by atoms with E-state index in [2.05, 4.69) is 10.3 Å². The Morgan fingerprint density at radius 1 is 1.11 bits per heavy atom. The Kier molecular flexibility index (Phi) is 6.27. The van der Waals surface area contributed by atoms with Crippen molar-refractivity contribution in [2.24, 2.45) is 0 Å². The number of hydrogen-bond donors (Lipinski definition) is 1. The van der Waals surface area contributed by atoms with Crippen molar-refractivity contribution >= 4 is 17.3 Å². The van der Waals surface area contributed by atoms with Gasteiger partial charge in [0.05, 0.1) is 19.0 Å². The van der Waals surface area contributed by atoms with Crippen molar-refractivity contribution in [3.8, 4) is 5.75 Å². The molecule has 0 radical (unpaired) electrons. The summed E-state index contributed by atoms with van der Waals surface area (Å²) in [6, 6.07) is 19.5. The molecule has 0 aliphatic rings. The lowest BCUT2D eigenvalue weighted by molar-refractivity contribution is 0.0983. The molecule has 0 saturated heterocycles. The van der Waals surface area contributed by atoms with Gasteiger partial charge < -0.3 is 15.0 Å². The molecule has 0 aliphatic heterocycles. The van der Waals surface area contributed by atoms with Crippen molar-refractivity contribution in [3.05, 3.63) is 83.7 Å². The molecule has 5 nitrogen and oxygen atoms in total. The fourth-order valence-corrected chi connectivity index (χ4v) is 2.95. The summed E-state index contributed by atoms with van der Waals surface area (Å²) in [7, 11) is 1.65. The number of nitrogens with zero attached hydrogens (tertiary/aromatic N) is 2. The Hall–Kier alpha value is -3.34. The van der Waals surface area contributed by atoms with Crippen LogP contribution in [0.1, 0.15) is 28.5 Å². The topological polar surface area (TPSA) is 54.5 Å². The van der Waals surface area contributed by atoms with Crippen LogP contribution < -0.4 is 15.0 Å². The minimum atomic E-state index is -0.102. The van der Waals surface area contributed by atoms with Crippen LogP contribution in [0.25, 0.3) is 0 Å². The number of methoxy groups -OCH3 is 1. The summed E-state index contributed by atoms with van der Waals surface area (Å²) in [5, 5.41) is 3.32. The fourth-order valence-electron chi connectivity index (χ4n) is 2.95. The molecule has 0 fully saturated rings. The Morgan fingerprint density at radius 3 is 2.50 bits per heavy atom. The van der Waals surface area contributed by atoms with Crippen molar-refractivity contribution in [2.45, 2.75) is 20.4 Å². The number of hydrogen-bond acceptors (Lipinski definition) is 4. The molecule has 0 atom stereocenters. The number of benzene rings is 2. The maximum absolute atomic E-state index is 12.9. The van der Waals surface area contributed by atoms with E-state index in [4.69, 9.17) is 4.74 Å². The average molecular weight is 375 g/mol. The first-order valence-electron chi connectivity index (χ1n) is 9.32. The van der Waals surface area contributed by atoms with Crippen LogP contribution in [0.3, 0.4) is 0 Å². The molecule has 1 heterocycles. The normalized spacial score (nSPS) is 10.4. The third-order valence-electron chi connectivity index (χ3n) is 4.51. The van der Waals surface area contributed by atoms with Gasteiger partial charge in [0.1, 0.15) is 11.4 Å². The molecule has 3 rings (SSSR count). The summed E-state index contributed by atoms with van der Waals surface area (Å²) >= 11 is 0. The first kappa shape index (κ1) is 19.4. The van der Waals surface area contributed by atoms with E-state index in [1.807, 2.05) is 68.4 Å². The zero-order valence-corrected chi connectivity index (χ0v) is 16.5. The molecule has 5 heteroatoms. The SMILES string of the molecule is CCN(C(=O)c1ccc(NCc2ccc(OC)cc2)cn1)c1cccc(C)c1. The highest BCUT2D eigenvalue weighted by Gasteiger charge is 2.17. The van der Waals surface area contributed by atoms with Crippen LogP contribution in [0, 0.1) is 6.92 Å². The number of anilines is 2. The quantitative estimate of drug-likeness (QED) is 0.652. The molecular formula is C23H25N3O2. The number of carbonyl (C=O) groups is 1. The van der Waals surface area contributed by atoms with Gasteiger partial charge in [0.15, 0.2) is 0 Å². The largest absolute Gasteiger partial charge is 0.497 e. The van der Waals surface area contributed by atoms with E-state index >= 15 is 0 Å². The van der Waals surface area contributed by atoms with Gasteiger partial charge in [0, 0.05) is 18.8 Å². The van der Waals surface area contributed by atoms with Crippen LogP contribution in [0.4, 0.5) is 11.4 Å². The molecule has 2 aromatic carbocycles. The molecule has 1 amide bonds. The first-order valence-corrected chi connectivity index (χ1v) is 9.32. The van der Waals surface area contributed by atoms with Crippen molar-refractivity contribution < 1.29 is 9.53 Å². The van der Waals surface area contributed by atoms with E-state index in [-0.39, 0.29) is 5.91 Å². The van der Waals surface area contributed by atoms with Crippen LogP contribution >= 0.6 is 0 Å². The lowest BCUT2D eigenvalue weighted by atomic mass is 10.2. The maximum atomic E-state index is 12.9. The predicted octanol–water partition coefficient (Wildman–Crippen LogP) is 4.68. The number of ether oxygens (including phenoxy) is 1. The number of aromatic nitrogens is 1. The number of aryl methyl sites for hydroxylation is 1. The van der Waals surface area contributed by atoms with E-state index in [9.17, 15) is 4.79 Å². The van der Waals surface area contributed by atoms with Gasteiger partial charge in [-0.1, -0.05) is 24.3 Å². The molecule has 28 heavy (non-hydrogen) atoms. The third kappa shape index (κ3) is 4.68. The molecule has 0 saturated carbocycles. The monoisotopic (exact) mass is 375 g/mol. The van der Waals surface area contributed by atoms with Crippen LogP contribution in [0.15, 0.2) is 66.9 Å². The summed E-state index contributed by atoms with van der Waals surface area (Å²) in [6.07, 6.45) is 1.70. The van der Waals surface area contributed by atoms with Crippen molar-refractivity contribution in [3.63, 3.8) is 0 Å². The lowest BCUT2D eigenvalue weighted by Gasteiger charge is -2.21. The van der Waals surface area contributed by atoms with Crippen molar-refractivity contribution in [1.82, 2.24) is 4.98 Å². The summed E-state index contributed by atoms with van der Waals surface area (Å²) in [6.45, 7) is 5.24. The molecule has 144 valence electrons. The highest BCUT2D eigenvalue weighted by molar-refractivity contribution is 6.04. The highest BCUT2D eigenvalue weighted by Crippen LogP contribution is 2.19. The van der Waals surface area contributed by atoms with Gasteiger partial charge in [-0.2, -0.15) is 0 Å². The first-order chi connectivity index (χ1) is 13.6. The van der Waals surface area contributed by atoms with Crippen LogP contribution in [-0.2, 0) is 6.54 Å². The summed E-state index contributed by atoms with van der Waals surface area (Å²) in [4.78, 5) is 19.0. The second kappa shape index (κ2) is 9.04. The Bertz CT molecular complexity index is 921. The van der Waals surface area contributed by atoms with Gasteiger partial charge >= 0.3 is 0 Å². The minimum Gasteiger partial charge on any atom is -0.497 e. The standard InChI is InChI=1S/C23H25N3O2/c1-4-26(20-7-5-6-17(2)14-20)23(27)22-13-10-19(16-25-22)24-15-18-8-11-21(28-3)12-9-18/h5-14,16,24H,4,15H2,1-3H3. The van der Waals surface area contributed by atoms with E-state index < -0.39 is 0 Å². The van der Waals surface area contributed by atoms with Gasteiger partial charge in [-0.25, -0.2) is 4.98 Å². The van der Waals surface area contributed by atoms with Crippen molar-refractivity contribution in [2.75, 3.05) is 23.9 Å².